The van der Waals surface area contributed by atoms with Crippen LogP contribution >= 0.6 is 0 Å². The van der Waals surface area contributed by atoms with Gasteiger partial charge in [-0.25, -0.2) is 0 Å². The maximum absolute atomic E-state index is 2.70. The predicted octanol–water partition coefficient (Wildman–Crippen LogP) is 9.26. The van der Waals surface area contributed by atoms with Gasteiger partial charge in [-0.05, 0) is 138 Å². The molecule has 0 radical (unpaired) electrons. The maximum Gasteiger partial charge on any atom is 0.252 e. The highest BCUT2D eigenvalue weighted by Gasteiger charge is 2.62. The number of anilines is 6. The molecule has 0 N–H and O–H groups in total. The van der Waals surface area contributed by atoms with Crippen LogP contribution in [-0.2, 0) is 5.41 Å². The highest BCUT2D eigenvalue weighted by Crippen LogP contribution is 2.69. The first-order chi connectivity index (χ1) is 23.0. The number of hydrogen-bond acceptors (Lipinski definition) is 2. The van der Waals surface area contributed by atoms with Gasteiger partial charge in [0.2, 0.25) is 0 Å². The summed E-state index contributed by atoms with van der Waals surface area (Å²) in [5.41, 5.74) is 18.7. The second-order valence-electron chi connectivity index (χ2n) is 16.0. The molecule has 0 unspecified atom stereocenters. The van der Waals surface area contributed by atoms with Crippen LogP contribution in [0.1, 0.15) is 74.1 Å². The van der Waals surface area contributed by atoms with Crippen LogP contribution in [0.2, 0.25) is 0 Å². The lowest BCUT2D eigenvalue weighted by Gasteiger charge is -2.64. The first kappa shape index (κ1) is 26.8. The number of fused-ring (bicyclic) bond motifs is 6. The summed E-state index contributed by atoms with van der Waals surface area (Å²) in [5, 5.41) is 0. The van der Waals surface area contributed by atoms with Crippen LogP contribution in [0.15, 0.2) is 103 Å². The van der Waals surface area contributed by atoms with E-state index in [2.05, 4.69) is 134 Å². The molecule has 5 aromatic rings. The molecule has 7 aliphatic rings. The number of para-hydroxylation sites is 2. The number of nitrogens with zero attached hydrogens (tertiary/aromatic N) is 2. The molecule has 0 saturated heterocycles. The zero-order chi connectivity index (χ0) is 31.2. The maximum atomic E-state index is 2.70. The molecule has 0 aromatic heterocycles. The van der Waals surface area contributed by atoms with Crippen LogP contribution < -0.4 is 26.2 Å². The van der Waals surface area contributed by atoms with Crippen molar-refractivity contribution in [3.05, 3.63) is 125 Å². The quantitative estimate of drug-likeness (QED) is 0.181. The minimum atomic E-state index is 0.119. The Morgan fingerprint density at radius 3 is 1.91 bits per heavy atom. The summed E-state index contributed by atoms with van der Waals surface area (Å²) >= 11 is 0. The Bertz CT molecular complexity index is 2100. The van der Waals surface area contributed by atoms with E-state index in [1.54, 1.807) is 11.1 Å². The molecule has 4 saturated carbocycles. The molecule has 12 rings (SSSR count). The van der Waals surface area contributed by atoms with Crippen molar-refractivity contribution in [1.82, 2.24) is 0 Å². The van der Waals surface area contributed by atoms with E-state index >= 15 is 0 Å². The molecule has 0 atom stereocenters. The van der Waals surface area contributed by atoms with Gasteiger partial charge in [-0.2, -0.15) is 0 Å². The summed E-state index contributed by atoms with van der Waals surface area (Å²) in [5.74, 6) is 3.86. The van der Waals surface area contributed by atoms with Crippen LogP contribution in [0.25, 0.3) is 0 Å². The average Bonchev–Trinajstić information content (AvgIpc) is 3.08. The number of aryl methyl sites for hydroxylation is 1. The predicted molar refractivity (Wildman–Crippen MR) is 197 cm³/mol. The Hall–Kier alpha value is -4.24. The van der Waals surface area contributed by atoms with Gasteiger partial charge < -0.3 is 9.80 Å². The normalized spacial score (nSPS) is 26.8. The fourth-order valence-electron chi connectivity index (χ4n) is 12.1. The van der Waals surface area contributed by atoms with E-state index in [9.17, 15) is 0 Å². The van der Waals surface area contributed by atoms with E-state index in [0.717, 1.165) is 23.7 Å². The molecule has 0 amide bonds. The summed E-state index contributed by atoms with van der Waals surface area (Å²) in [6.45, 7) is 7.10. The lowest BCUT2D eigenvalue weighted by atomic mass is 9.32. The molecule has 3 aliphatic heterocycles. The van der Waals surface area contributed by atoms with Crippen molar-refractivity contribution < 1.29 is 0 Å². The molecule has 4 fully saturated rings. The van der Waals surface area contributed by atoms with Crippen LogP contribution in [0, 0.1) is 30.6 Å². The zero-order valence-corrected chi connectivity index (χ0v) is 27.7. The number of hydrogen-bond donors (Lipinski definition) is 0. The van der Waals surface area contributed by atoms with Gasteiger partial charge >= 0.3 is 0 Å². The van der Waals surface area contributed by atoms with Gasteiger partial charge in [0.25, 0.3) is 6.71 Å². The van der Waals surface area contributed by atoms with Crippen LogP contribution in [-0.4, -0.2) is 6.71 Å². The van der Waals surface area contributed by atoms with E-state index in [4.69, 9.17) is 0 Å². The smallest absolute Gasteiger partial charge is 0.252 e. The van der Waals surface area contributed by atoms with E-state index in [-0.39, 0.29) is 12.1 Å². The van der Waals surface area contributed by atoms with Gasteiger partial charge in [-0.1, -0.05) is 86.1 Å². The Morgan fingerprint density at radius 2 is 1.19 bits per heavy atom. The summed E-state index contributed by atoms with van der Waals surface area (Å²) < 4.78 is 0. The lowest BCUT2D eigenvalue weighted by molar-refractivity contribution is -0.0419. The van der Waals surface area contributed by atoms with Gasteiger partial charge in [-0.3, -0.25) is 0 Å². The first-order valence-corrected chi connectivity index (χ1v) is 18.2. The average molecular weight is 609 g/mol. The van der Waals surface area contributed by atoms with Gasteiger partial charge in [-0.15, -0.1) is 0 Å². The molecule has 5 aromatic carbocycles. The van der Waals surface area contributed by atoms with Crippen molar-refractivity contribution in [2.45, 2.75) is 64.2 Å². The van der Waals surface area contributed by atoms with Crippen molar-refractivity contribution in [2.24, 2.45) is 23.7 Å². The van der Waals surface area contributed by atoms with Crippen LogP contribution in [0.3, 0.4) is 0 Å². The standard InChI is InChI=1S/C44H41BN2/c1-26(2)30-17-19-33(20-18-30)46-38-14-6-9-27(3)41(38)45-36-12-7-11-35-43(36)47(40-16-8-15-39(46)42(40)45)37-13-5-4-10-34(37)44(35)31-22-28-21-29(24-31)25-32(44)23-28/h4-20,26,28-29,31-32H,21-25H2,1-3H3. The van der Waals surface area contributed by atoms with E-state index in [0.29, 0.717) is 5.92 Å². The van der Waals surface area contributed by atoms with Gasteiger partial charge in [0.05, 0.1) is 5.69 Å². The highest BCUT2D eigenvalue weighted by molar-refractivity contribution is 7.00. The Labute approximate surface area is 279 Å². The zero-order valence-electron chi connectivity index (χ0n) is 27.7. The molecule has 2 nitrogen and oxygen atoms in total. The van der Waals surface area contributed by atoms with Crippen molar-refractivity contribution in [3.63, 3.8) is 0 Å². The summed E-state index contributed by atoms with van der Waals surface area (Å²) in [4.78, 5) is 5.25. The minimum Gasteiger partial charge on any atom is -0.311 e. The Morgan fingerprint density at radius 1 is 0.596 bits per heavy atom. The number of benzene rings is 5. The molecule has 4 aliphatic carbocycles. The fraction of sp³-hybridized carbons (Fsp3) is 0.318. The van der Waals surface area contributed by atoms with Crippen molar-refractivity contribution in [1.29, 1.82) is 0 Å². The minimum absolute atomic E-state index is 0.119. The van der Waals surface area contributed by atoms with E-state index in [1.807, 2.05) is 0 Å². The molecule has 230 valence electrons. The van der Waals surface area contributed by atoms with Gasteiger partial charge in [0.1, 0.15) is 0 Å². The van der Waals surface area contributed by atoms with E-state index < -0.39 is 0 Å². The molecular weight excluding hydrogens is 567 g/mol. The molecule has 3 heteroatoms. The third-order valence-corrected chi connectivity index (χ3v) is 13.5. The summed E-state index contributed by atoms with van der Waals surface area (Å²) in [7, 11) is 0. The van der Waals surface area contributed by atoms with Crippen LogP contribution in [0.4, 0.5) is 34.1 Å². The van der Waals surface area contributed by atoms with Crippen molar-refractivity contribution in [3.8, 4) is 0 Å². The van der Waals surface area contributed by atoms with E-state index in [1.165, 1.54) is 93.7 Å². The highest BCUT2D eigenvalue weighted by atomic mass is 15.2. The van der Waals surface area contributed by atoms with Gasteiger partial charge in [0, 0.05) is 33.9 Å². The molecule has 47 heavy (non-hydrogen) atoms. The second-order valence-corrected chi connectivity index (χ2v) is 16.0. The third-order valence-electron chi connectivity index (χ3n) is 13.5. The van der Waals surface area contributed by atoms with Gasteiger partial charge in [0.15, 0.2) is 0 Å². The Kier molecular flexibility index (Phi) is 5.26. The molecule has 1 spiro atoms. The molecule has 4 bridgehead atoms. The Balaban J connectivity index is 1.21. The fourth-order valence-corrected chi connectivity index (χ4v) is 12.1. The van der Waals surface area contributed by atoms with Crippen LogP contribution in [0.5, 0.6) is 0 Å². The summed E-state index contributed by atoms with van der Waals surface area (Å²) in [6.07, 6.45) is 7.10. The summed E-state index contributed by atoms with van der Waals surface area (Å²) in [6, 6.07) is 40.4. The topological polar surface area (TPSA) is 6.48 Å². The lowest BCUT2D eigenvalue weighted by Crippen LogP contribution is -2.64. The largest absolute Gasteiger partial charge is 0.311 e. The van der Waals surface area contributed by atoms with Crippen molar-refractivity contribution in [2.75, 3.05) is 9.80 Å². The SMILES string of the molecule is Cc1cccc2c1B1c3cccc4c3N(c3ccccc3C43C4CC5CC(C4)CC3C5)c3cccc(c31)N2c1ccc(C(C)C)cc1. The monoisotopic (exact) mass is 608 g/mol. The second kappa shape index (κ2) is 9.22. The first-order valence-electron chi connectivity index (χ1n) is 18.2. The third kappa shape index (κ3) is 3.24. The molecular formula is C44H41BN2. The van der Waals surface area contributed by atoms with Crippen molar-refractivity contribution >= 4 is 57.2 Å². The number of rotatable bonds is 2. The molecule has 3 heterocycles.